The Morgan fingerprint density at radius 2 is 1.89 bits per heavy atom. The van der Waals surface area contributed by atoms with Crippen molar-refractivity contribution in [3.63, 3.8) is 0 Å². The van der Waals surface area contributed by atoms with Gasteiger partial charge < -0.3 is 15.0 Å². The van der Waals surface area contributed by atoms with E-state index < -0.39 is 0 Å². The van der Waals surface area contributed by atoms with Crippen molar-refractivity contribution in [2.45, 2.75) is 26.8 Å². The van der Waals surface area contributed by atoms with Crippen LogP contribution in [0.3, 0.4) is 0 Å². The SMILES string of the molecule is CCN(CC)C(=O)C(C)NCC(=O)NCCOC. The highest BCUT2D eigenvalue weighted by molar-refractivity contribution is 5.83. The van der Waals surface area contributed by atoms with Crippen LogP contribution in [0.1, 0.15) is 20.8 Å². The van der Waals surface area contributed by atoms with Crippen LogP contribution in [0.25, 0.3) is 0 Å². The van der Waals surface area contributed by atoms with Crippen LogP contribution in [0.15, 0.2) is 0 Å². The summed E-state index contributed by atoms with van der Waals surface area (Å²) in [5, 5.41) is 5.60. The number of nitrogens with one attached hydrogen (secondary N) is 2. The monoisotopic (exact) mass is 259 g/mol. The van der Waals surface area contributed by atoms with Crippen molar-refractivity contribution in [3.05, 3.63) is 0 Å². The number of rotatable bonds is 9. The molecule has 0 radical (unpaired) electrons. The molecule has 0 rings (SSSR count). The molecule has 0 saturated carbocycles. The van der Waals surface area contributed by atoms with E-state index in [1.165, 1.54) is 0 Å². The first-order valence-corrected chi connectivity index (χ1v) is 6.34. The molecule has 2 N–H and O–H groups in total. The molecule has 1 unspecified atom stereocenters. The second-order valence-corrected chi connectivity index (χ2v) is 3.96. The zero-order valence-electron chi connectivity index (χ0n) is 11.8. The third-order valence-corrected chi connectivity index (χ3v) is 2.64. The van der Waals surface area contributed by atoms with Gasteiger partial charge in [0.15, 0.2) is 0 Å². The van der Waals surface area contributed by atoms with E-state index in [0.29, 0.717) is 26.2 Å². The van der Waals surface area contributed by atoms with Crippen molar-refractivity contribution in [2.75, 3.05) is 39.9 Å². The lowest BCUT2D eigenvalue weighted by atomic mass is 10.2. The lowest BCUT2D eigenvalue weighted by Gasteiger charge is -2.23. The third-order valence-electron chi connectivity index (χ3n) is 2.64. The predicted molar refractivity (Wildman–Crippen MR) is 70.3 cm³/mol. The summed E-state index contributed by atoms with van der Waals surface area (Å²) in [7, 11) is 1.58. The quantitative estimate of drug-likeness (QED) is 0.553. The number of carbonyl (C=O) groups is 2. The van der Waals surface area contributed by atoms with Crippen LogP contribution in [0, 0.1) is 0 Å². The van der Waals surface area contributed by atoms with E-state index in [9.17, 15) is 9.59 Å². The average molecular weight is 259 g/mol. The van der Waals surface area contributed by atoms with Crippen molar-refractivity contribution in [2.24, 2.45) is 0 Å². The standard InChI is InChI=1S/C12H25N3O3/c1-5-15(6-2)12(17)10(3)14-9-11(16)13-7-8-18-4/h10,14H,5-9H2,1-4H3,(H,13,16). The molecule has 0 heterocycles. The summed E-state index contributed by atoms with van der Waals surface area (Å²) < 4.78 is 4.82. The Morgan fingerprint density at radius 1 is 1.28 bits per heavy atom. The van der Waals surface area contributed by atoms with Crippen molar-refractivity contribution in [1.82, 2.24) is 15.5 Å². The number of ether oxygens (including phenoxy) is 1. The van der Waals surface area contributed by atoms with Crippen molar-refractivity contribution in [3.8, 4) is 0 Å². The summed E-state index contributed by atoms with van der Waals surface area (Å²) in [5.41, 5.74) is 0. The molecule has 0 spiro atoms. The van der Waals surface area contributed by atoms with Gasteiger partial charge in [0.25, 0.3) is 0 Å². The molecule has 0 aromatic rings. The van der Waals surface area contributed by atoms with Gasteiger partial charge in [0.1, 0.15) is 0 Å². The molecular formula is C12H25N3O3. The molecule has 0 bridgehead atoms. The Hall–Kier alpha value is -1.14. The van der Waals surface area contributed by atoms with Crippen LogP contribution in [0.2, 0.25) is 0 Å². The molecule has 0 aliphatic rings. The lowest BCUT2D eigenvalue weighted by molar-refractivity contribution is -0.132. The van der Waals surface area contributed by atoms with Crippen LogP contribution >= 0.6 is 0 Å². The summed E-state index contributed by atoms with van der Waals surface area (Å²) in [4.78, 5) is 25.0. The van der Waals surface area contributed by atoms with Gasteiger partial charge in [-0.1, -0.05) is 0 Å². The summed E-state index contributed by atoms with van der Waals surface area (Å²) in [6.07, 6.45) is 0. The second-order valence-electron chi connectivity index (χ2n) is 3.96. The predicted octanol–water partition coefficient (Wildman–Crippen LogP) is -0.404. The third kappa shape index (κ3) is 6.56. The molecule has 0 saturated heterocycles. The highest BCUT2D eigenvalue weighted by Gasteiger charge is 2.18. The van der Waals surface area contributed by atoms with Gasteiger partial charge >= 0.3 is 0 Å². The van der Waals surface area contributed by atoms with E-state index in [0.717, 1.165) is 0 Å². The van der Waals surface area contributed by atoms with E-state index >= 15 is 0 Å². The van der Waals surface area contributed by atoms with Gasteiger partial charge in [-0.25, -0.2) is 0 Å². The summed E-state index contributed by atoms with van der Waals surface area (Å²) >= 11 is 0. The molecule has 0 aromatic heterocycles. The molecule has 0 fully saturated rings. The first-order chi connectivity index (χ1) is 8.56. The van der Waals surface area contributed by atoms with Crippen LogP contribution in [0.5, 0.6) is 0 Å². The Bertz CT molecular complexity index is 255. The highest BCUT2D eigenvalue weighted by Crippen LogP contribution is 1.94. The largest absolute Gasteiger partial charge is 0.383 e. The maximum absolute atomic E-state index is 11.9. The molecule has 6 nitrogen and oxygen atoms in total. The van der Waals surface area contributed by atoms with Gasteiger partial charge in [-0.3, -0.25) is 14.9 Å². The number of carbonyl (C=O) groups excluding carboxylic acids is 2. The number of nitrogens with zero attached hydrogens (tertiary/aromatic N) is 1. The summed E-state index contributed by atoms with van der Waals surface area (Å²) in [5.74, 6) is -0.115. The lowest BCUT2D eigenvalue weighted by Crippen LogP contribution is -2.47. The molecule has 18 heavy (non-hydrogen) atoms. The molecule has 2 amide bonds. The Morgan fingerprint density at radius 3 is 2.39 bits per heavy atom. The normalized spacial score (nSPS) is 12.0. The summed E-state index contributed by atoms with van der Waals surface area (Å²) in [6.45, 7) is 8.11. The first-order valence-electron chi connectivity index (χ1n) is 6.34. The Labute approximate surface area is 109 Å². The van der Waals surface area contributed by atoms with Crippen LogP contribution in [-0.2, 0) is 14.3 Å². The fourth-order valence-electron chi connectivity index (χ4n) is 1.50. The van der Waals surface area contributed by atoms with E-state index in [-0.39, 0.29) is 24.4 Å². The topological polar surface area (TPSA) is 70.7 Å². The number of hydrogen-bond acceptors (Lipinski definition) is 4. The zero-order valence-corrected chi connectivity index (χ0v) is 11.8. The van der Waals surface area contributed by atoms with E-state index in [1.54, 1.807) is 18.9 Å². The minimum Gasteiger partial charge on any atom is -0.383 e. The zero-order chi connectivity index (χ0) is 14.0. The smallest absolute Gasteiger partial charge is 0.239 e. The average Bonchev–Trinajstić information content (AvgIpc) is 2.37. The Kier molecular flexibility index (Phi) is 9.22. The first kappa shape index (κ1) is 16.9. The molecular weight excluding hydrogens is 234 g/mol. The van der Waals surface area contributed by atoms with Gasteiger partial charge in [-0.2, -0.15) is 0 Å². The van der Waals surface area contributed by atoms with E-state index in [4.69, 9.17) is 4.74 Å². The minimum atomic E-state index is -0.349. The van der Waals surface area contributed by atoms with Crippen molar-refractivity contribution < 1.29 is 14.3 Å². The van der Waals surface area contributed by atoms with Crippen molar-refractivity contribution >= 4 is 11.8 Å². The van der Waals surface area contributed by atoms with E-state index in [2.05, 4.69) is 10.6 Å². The molecule has 0 aliphatic heterocycles. The number of amides is 2. The summed E-state index contributed by atoms with van der Waals surface area (Å²) in [6, 6.07) is -0.349. The Balaban J connectivity index is 3.90. The molecule has 106 valence electrons. The van der Waals surface area contributed by atoms with Gasteiger partial charge in [0.2, 0.25) is 11.8 Å². The maximum Gasteiger partial charge on any atom is 0.239 e. The molecule has 0 aliphatic carbocycles. The number of methoxy groups -OCH3 is 1. The minimum absolute atomic E-state index is 0.0182. The van der Waals surface area contributed by atoms with Gasteiger partial charge in [-0.05, 0) is 20.8 Å². The highest BCUT2D eigenvalue weighted by atomic mass is 16.5. The van der Waals surface area contributed by atoms with Crippen molar-refractivity contribution in [1.29, 1.82) is 0 Å². The second kappa shape index (κ2) is 9.85. The number of likely N-dealkylation sites (N-methyl/N-ethyl adjacent to an activating group) is 1. The van der Waals surface area contributed by atoms with Gasteiger partial charge in [0.05, 0.1) is 19.2 Å². The molecule has 6 heteroatoms. The van der Waals surface area contributed by atoms with Gasteiger partial charge in [-0.15, -0.1) is 0 Å². The van der Waals surface area contributed by atoms with Crippen LogP contribution in [0.4, 0.5) is 0 Å². The molecule has 0 aromatic carbocycles. The van der Waals surface area contributed by atoms with E-state index in [1.807, 2.05) is 13.8 Å². The number of hydrogen-bond donors (Lipinski definition) is 2. The fraction of sp³-hybridized carbons (Fsp3) is 0.833. The van der Waals surface area contributed by atoms with Crippen LogP contribution in [-0.4, -0.2) is 62.7 Å². The van der Waals surface area contributed by atoms with Crippen LogP contribution < -0.4 is 10.6 Å². The molecule has 1 atom stereocenters. The fourth-order valence-corrected chi connectivity index (χ4v) is 1.50. The van der Waals surface area contributed by atoms with Gasteiger partial charge in [0, 0.05) is 26.7 Å². The maximum atomic E-state index is 11.9.